The van der Waals surface area contributed by atoms with Gasteiger partial charge in [0.15, 0.2) is 0 Å². The largest absolute Gasteiger partial charge is 0.478 e. The number of rotatable bonds is 4. The van der Waals surface area contributed by atoms with Crippen LogP contribution in [0.3, 0.4) is 0 Å². The highest BCUT2D eigenvalue weighted by Crippen LogP contribution is 2.34. The number of hydrogen-bond donors (Lipinski definition) is 1. The number of hydrogen-bond acceptors (Lipinski definition) is 3. The molecule has 1 aromatic heterocycles. The number of para-hydroxylation sites is 1. The van der Waals surface area contributed by atoms with Crippen LogP contribution >= 0.6 is 11.6 Å². The van der Waals surface area contributed by atoms with Crippen LogP contribution in [0.2, 0.25) is 5.02 Å². The fourth-order valence-corrected chi connectivity index (χ4v) is 4.57. The molecule has 1 aliphatic heterocycles. The monoisotopic (exact) mass is 440 g/mol. The Morgan fingerprint density at radius 3 is 2.56 bits per heavy atom. The average molecular weight is 441 g/mol. The third-order valence-electron chi connectivity index (χ3n) is 5.73. The van der Waals surface area contributed by atoms with E-state index in [1.807, 2.05) is 66.7 Å². The summed E-state index contributed by atoms with van der Waals surface area (Å²) in [6.07, 6.45) is 2.06. The molecule has 5 rings (SSSR count). The van der Waals surface area contributed by atoms with Crippen LogP contribution in [0.15, 0.2) is 78.9 Å². The van der Waals surface area contributed by atoms with Gasteiger partial charge in [0.1, 0.15) is 0 Å². The minimum absolute atomic E-state index is 0.334. The van der Waals surface area contributed by atoms with E-state index in [0.29, 0.717) is 34.6 Å². The van der Waals surface area contributed by atoms with Gasteiger partial charge in [-0.3, -0.25) is 4.90 Å². The smallest absolute Gasteiger partial charge is 0.336 e. The second kappa shape index (κ2) is 8.58. The third kappa shape index (κ3) is 4.03. The first-order valence-corrected chi connectivity index (χ1v) is 10.8. The molecule has 3 aromatic carbocycles. The number of carboxylic acid groups (broad SMARTS) is 1. The predicted octanol–water partition coefficient (Wildman–Crippen LogP) is 6.14. The third-order valence-corrected chi connectivity index (χ3v) is 5.96. The van der Waals surface area contributed by atoms with E-state index >= 15 is 0 Å². The average Bonchev–Trinajstić information content (AvgIpc) is 2.78. The first-order chi connectivity index (χ1) is 15.6. The Kier molecular flexibility index (Phi) is 5.48. The number of nitrogens with zero attached hydrogens (tertiary/aromatic N) is 2. The van der Waals surface area contributed by atoms with E-state index in [2.05, 4.69) is 23.1 Å². The van der Waals surface area contributed by atoms with E-state index in [4.69, 9.17) is 16.6 Å². The highest BCUT2D eigenvalue weighted by molar-refractivity contribution is 6.30. The summed E-state index contributed by atoms with van der Waals surface area (Å²) in [5.74, 6) is -0.927. The summed E-state index contributed by atoms with van der Waals surface area (Å²) in [5, 5.41) is 11.5. The van der Waals surface area contributed by atoms with E-state index in [9.17, 15) is 9.90 Å². The van der Waals surface area contributed by atoms with Crippen molar-refractivity contribution in [3.05, 3.63) is 112 Å². The topological polar surface area (TPSA) is 53.4 Å². The Bertz CT molecular complexity index is 1350. The zero-order chi connectivity index (χ0) is 22.1. The molecule has 0 bridgehead atoms. The van der Waals surface area contributed by atoms with Gasteiger partial charge in [-0.05, 0) is 41.0 Å². The maximum Gasteiger partial charge on any atom is 0.336 e. The number of carbonyl (C=O) groups is 1. The highest BCUT2D eigenvalue weighted by Gasteiger charge is 2.28. The van der Waals surface area contributed by atoms with Gasteiger partial charge in [0.25, 0.3) is 0 Å². The van der Waals surface area contributed by atoms with Crippen molar-refractivity contribution in [3.8, 4) is 0 Å². The number of halogens is 1. The molecule has 0 spiro atoms. The van der Waals surface area contributed by atoms with Gasteiger partial charge in [0.2, 0.25) is 0 Å². The lowest BCUT2D eigenvalue weighted by molar-refractivity contribution is 0.0696. The molecule has 0 amide bonds. The standard InChI is InChI=1S/C27H21ClN2O2/c28-21-10-6-9-19(14-21)13-20-16-30(15-18-7-2-1-3-8-18)17-23-25(27(31)32)22-11-4-5-12-24(22)29-26(20)23/h1-14H,15-17H2,(H,31,32)/b20-13-. The Hall–Kier alpha value is -3.47. The van der Waals surface area contributed by atoms with Gasteiger partial charge in [0, 0.05) is 35.6 Å². The maximum absolute atomic E-state index is 12.4. The lowest BCUT2D eigenvalue weighted by Crippen LogP contribution is -2.31. The molecule has 0 atom stereocenters. The van der Waals surface area contributed by atoms with Crippen LogP contribution in [-0.4, -0.2) is 27.5 Å². The molecular formula is C27H21ClN2O2. The summed E-state index contributed by atoms with van der Waals surface area (Å²) < 4.78 is 0. The fraction of sp³-hybridized carbons (Fsp3) is 0.111. The summed E-state index contributed by atoms with van der Waals surface area (Å²) in [6, 6.07) is 25.3. The van der Waals surface area contributed by atoms with Crippen molar-refractivity contribution in [2.75, 3.05) is 6.54 Å². The van der Waals surface area contributed by atoms with Crippen LogP contribution in [0.1, 0.15) is 32.7 Å². The quantitative estimate of drug-likeness (QED) is 0.414. The minimum atomic E-state index is -0.927. The first kappa shape index (κ1) is 20.4. The zero-order valence-corrected chi connectivity index (χ0v) is 18.1. The van der Waals surface area contributed by atoms with Gasteiger partial charge in [0.05, 0.1) is 16.8 Å². The number of carboxylic acids is 1. The molecule has 158 valence electrons. The second-order valence-electron chi connectivity index (χ2n) is 7.99. The molecule has 2 heterocycles. The second-order valence-corrected chi connectivity index (χ2v) is 8.43. The van der Waals surface area contributed by atoms with Crippen molar-refractivity contribution >= 4 is 40.1 Å². The SMILES string of the molecule is O=C(O)c1c2c(nc3ccccc13)/C(=C\c1cccc(Cl)c1)CN(Cc1ccccc1)C2. The molecule has 4 aromatic rings. The Labute approximate surface area is 191 Å². The number of benzene rings is 3. The molecular weight excluding hydrogens is 420 g/mol. The predicted molar refractivity (Wildman–Crippen MR) is 129 cm³/mol. The fourth-order valence-electron chi connectivity index (χ4n) is 4.38. The van der Waals surface area contributed by atoms with Crippen LogP contribution in [-0.2, 0) is 13.1 Å². The Morgan fingerprint density at radius 2 is 1.78 bits per heavy atom. The van der Waals surface area contributed by atoms with E-state index in [1.165, 1.54) is 5.56 Å². The first-order valence-electron chi connectivity index (χ1n) is 10.5. The summed E-state index contributed by atoms with van der Waals surface area (Å²) in [6.45, 7) is 1.91. The van der Waals surface area contributed by atoms with Crippen LogP contribution in [0.4, 0.5) is 0 Å². The number of aromatic nitrogens is 1. The van der Waals surface area contributed by atoms with Gasteiger partial charge in [-0.2, -0.15) is 0 Å². The van der Waals surface area contributed by atoms with Gasteiger partial charge in [-0.1, -0.05) is 72.3 Å². The van der Waals surface area contributed by atoms with E-state index < -0.39 is 5.97 Å². The molecule has 4 nitrogen and oxygen atoms in total. The Morgan fingerprint density at radius 1 is 1.00 bits per heavy atom. The van der Waals surface area contributed by atoms with Crippen molar-refractivity contribution in [1.82, 2.24) is 9.88 Å². The molecule has 32 heavy (non-hydrogen) atoms. The summed E-state index contributed by atoms with van der Waals surface area (Å²) in [7, 11) is 0. The molecule has 0 aliphatic carbocycles. The van der Waals surface area contributed by atoms with E-state index in [-0.39, 0.29) is 0 Å². The molecule has 0 saturated heterocycles. The number of aromatic carboxylic acids is 1. The minimum Gasteiger partial charge on any atom is -0.478 e. The van der Waals surface area contributed by atoms with Gasteiger partial charge < -0.3 is 5.11 Å². The molecule has 0 saturated carbocycles. The highest BCUT2D eigenvalue weighted by atomic mass is 35.5. The summed E-state index contributed by atoms with van der Waals surface area (Å²) in [4.78, 5) is 19.5. The van der Waals surface area contributed by atoms with Gasteiger partial charge in [-0.15, -0.1) is 0 Å². The van der Waals surface area contributed by atoms with Crippen LogP contribution in [0.5, 0.6) is 0 Å². The molecule has 1 aliphatic rings. The molecule has 0 unspecified atom stereocenters. The summed E-state index contributed by atoms with van der Waals surface area (Å²) >= 11 is 6.21. The molecule has 0 radical (unpaired) electrons. The van der Waals surface area contributed by atoms with Gasteiger partial charge in [-0.25, -0.2) is 9.78 Å². The van der Waals surface area contributed by atoms with Crippen molar-refractivity contribution in [2.45, 2.75) is 13.1 Å². The zero-order valence-electron chi connectivity index (χ0n) is 17.3. The lowest BCUT2D eigenvalue weighted by atomic mass is 9.91. The molecule has 0 fully saturated rings. The van der Waals surface area contributed by atoms with Crippen molar-refractivity contribution in [2.24, 2.45) is 0 Å². The van der Waals surface area contributed by atoms with E-state index in [0.717, 1.165) is 28.9 Å². The number of fused-ring (bicyclic) bond motifs is 2. The van der Waals surface area contributed by atoms with Crippen molar-refractivity contribution in [1.29, 1.82) is 0 Å². The number of pyridine rings is 1. The van der Waals surface area contributed by atoms with Crippen LogP contribution < -0.4 is 0 Å². The summed E-state index contributed by atoms with van der Waals surface area (Å²) in [5.41, 5.74) is 5.67. The maximum atomic E-state index is 12.4. The van der Waals surface area contributed by atoms with Crippen molar-refractivity contribution in [3.63, 3.8) is 0 Å². The van der Waals surface area contributed by atoms with E-state index in [1.54, 1.807) is 0 Å². The van der Waals surface area contributed by atoms with Crippen LogP contribution in [0, 0.1) is 0 Å². The lowest BCUT2D eigenvalue weighted by Gasteiger charge is -2.31. The van der Waals surface area contributed by atoms with Crippen molar-refractivity contribution < 1.29 is 9.90 Å². The van der Waals surface area contributed by atoms with Gasteiger partial charge >= 0.3 is 5.97 Å². The molecule has 5 heteroatoms. The molecule has 1 N–H and O–H groups in total. The Balaban J connectivity index is 1.69. The normalized spacial score (nSPS) is 15.1. The van der Waals surface area contributed by atoms with Crippen LogP contribution in [0.25, 0.3) is 22.6 Å².